The van der Waals surface area contributed by atoms with E-state index in [0.717, 1.165) is 0 Å². The largest absolute Gasteiger partial charge is 0.394 e. The molecule has 3 rings (SSSR count). The average Bonchev–Trinajstić information content (AvgIpc) is 2.75. The minimum absolute atomic E-state index is 0.141. The van der Waals surface area contributed by atoms with Gasteiger partial charge in [-0.25, -0.2) is 4.79 Å². The fourth-order valence-electron chi connectivity index (χ4n) is 2.89. The van der Waals surface area contributed by atoms with Crippen molar-refractivity contribution in [2.24, 2.45) is 0 Å². The molecule has 2 aliphatic heterocycles. The van der Waals surface area contributed by atoms with Crippen molar-refractivity contribution >= 4 is 5.70 Å². The highest BCUT2D eigenvalue weighted by Crippen LogP contribution is 2.30. The van der Waals surface area contributed by atoms with E-state index in [1.54, 1.807) is 31.4 Å². The van der Waals surface area contributed by atoms with Gasteiger partial charge in [0.2, 0.25) is 0 Å². The summed E-state index contributed by atoms with van der Waals surface area (Å²) in [7, 11) is 0. The second kappa shape index (κ2) is 6.60. The maximum atomic E-state index is 12.4. The number of hydrogen-bond acceptors (Lipinski definition) is 6. The zero-order valence-electron chi connectivity index (χ0n) is 13.1. The summed E-state index contributed by atoms with van der Waals surface area (Å²) in [5.74, 6) is 0. The van der Waals surface area contributed by atoms with Crippen LogP contribution in [0.25, 0.3) is 5.70 Å². The Morgan fingerprint density at radius 1 is 1.33 bits per heavy atom. The molecule has 128 valence electrons. The third kappa shape index (κ3) is 2.86. The van der Waals surface area contributed by atoms with Gasteiger partial charge in [-0.15, -0.1) is 0 Å². The molecule has 2 aliphatic rings. The highest BCUT2D eigenvalue weighted by Gasteiger charge is 2.36. The van der Waals surface area contributed by atoms with Crippen LogP contribution >= 0.6 is 0 Å². The highest BCUT2D eigenvalue weighted by molar-refractivity contribution is 5.66. The number of aromatic amines is 1. The molecule has 8 heteroatoms. The molecule has 0 unspecified atom stereocenters. The summed E-state index contributed by atoms with van der Waals surface area (Å²) >= 11 is 0. The highest BCUT2D eigenvalue weighted by atomic mass is 16.5. The third-order valence-electron chi connectivity index (χ3n) is 4.12. The van der Waals surface area contributed by atoms with Crippen molar-refractivity contribution in [1.29, 1.82) is 0 Å². The van der Waals surface area contributed by atoms with Gasteiger partial charge in [-0.05, 0) is 19.1 Å². The SMILES string of the molecule is Cc1c(C2=CC=CC=CN2)n([C@H]2C[C@H](O)[C@@H](CO)O2)c(=O)[nH]c1=O. The Labute approximate surface area is 137 Å². The molecule has 0 aliphatic carbocycles. The van der Waals surface area contributed by atoms with Crippen LogP contribution in [0.2, 0.25) is 0 Å². The fourth-order valence-corrected chi connectivity index (χ4v) is 2.89. The second-order valence-electron chi connectivity index (χ2n) is 5.69. The summed E-state index contributed by atoms with van der Waals surface area (Å²) in [6.45, 7) is 1.26. The number of rotatable bonds is 3. The Balaban J connectivity index is 2.16. The first-order valence-corrected chi connectivity index (χ1v) is 7.63. The number of nitrogens with one attached hydrogen (secondary N) is 2. The number of aliphatic hydroxyl groups excluding tert-OH is 2. The van der Waals surface area contributed by atoms with Crippen LogP contribution in [0.4, 0.5) is 0 Å². The van der Waals surface area contributed by atoms with Crippen LogP contribution in [0.15, 0.2) is 40.1 Å². The molecular formula is C16H19N3O5. The maximum absolute atomic E-state index is 12.4. The zero-order valence-corrected chi connectivity index (χ0v) is 13.1. The monoisotopic (exact) mass is 333 g/mol. The van der Waals surface area contributed by atoms with E-state index >= 15 is 0 Å². The number of hydrogen-bond donors (Lipinski definition) is 4. The lowest BCUT2D eigenvalue weighted by Gasteiger charge is -2.21. The Morgan fingerprint density at radius 3 is 2.83 bits per heavy atom. The van der Waals surface area contributed by atoms with Crippen molar-refractivity contribution in [2.75, 3.05) is 6.61 Å². The van der Waals surface area contributed by atoms with E-state index in [1.807, 2.05) is 6.08 Å². The fraction of sp³-hybridized carbons (Fsp3) is 0.375. The number of ether oxygens (including phenoxy) is 1. The number of aliphatic hydroxyl groups is 2. The third-order valence-corrected chi connectivity index (χ3v) is 4.12. The normalized spacial score (nSPS) is 26.1. The summed E-state index contributed by atoms with van der Waals surface area (Å²) in [6, 6.07) is 0. The Hall–Kier alpha value is -2.42. The molecular weight excluding hydrogens is 314 g/mol. The predicted molar refractivity (Wildman–Crippen MR) is 87.1 cm³/mol. The lowest BCUT2D eigenvalue weighted by atomic mass is 10.1. The molecule has 0 radical (unpaired) electrons. The summed E-state index contributed by atoms with van der Waals surface area (Å²) in [4.78, 5) is 26.7. The van der Waals surface area contributed by atoms with E-state index < -0.39 is 29.7 Å². The van der Waals surface area contributed by atoms with Gasteiger partial charge in [0, 0.05) is 18.2 Å². The molecule has 1 aromatic rings. The van der Waals surface area contributed by atoms with Crippen LogP contribution < -0.4 is 16.6 Å². The van der Waals surface area contributed by atoms with Crippen molar-refractivity contribution < 1.29 is 14.9 Å². The standard InChI is InChI=1S/C16H19N3O5/c1-9-14(10-5-3-2-4-6-17-10)19(16(23)18-15(9)22)13-7-11(21)12(8-20)24-13/h2-6,11-13,17,20-21H,7-8H2,1H3,(H,18,22,23)/t11-,12+,13+/m0/s1. The van der Waals surface area contributed by atoms with Crippen molar-refractivity contribution in [2.45, 2.75) is 31.8 Å². The topological polar surface area (TPSA) is 117 Å². The minimum Gasteiger partial charge on any atom is -0.394 e. The molecule has 4 N–H and O–H groups in total. The van der Waals surface area contributed by atoms with Crippen LogP contribution in [0, 0.1) is 6.92 Å². The van der Waals surface area contributed by atoms with Crippen LogP contribution in [-0.4, -0.2) is 38.6 Å². The van der Waals surface area contributed by atoms with E-state index in [0.29, 0.717) is 17.0 Å². The van der Waals surface area contributed by atoms with Gasteiger partial charge in [0.1, 0.15) is 12.3 Å². The van der Waals surface area contributed by atoms with Gasteiger partial charge in [-0.3, -0.25) is 14.3 Å². The molecule has 0 saturated carbocycles. The summed E-state index contributed by atoms with van der Waals surface area (Å²) in [5.41, 5.74) is 0.185. The van der Waals surface area contributed by atoms with E-state index in [2.05, 4.69) is 10.3 Å². The molecule has 0 aromatic carbocycles. The number of nitrogens with zero attached hydrogens (tertiary/aromatic N) is 1. The van der Waals surface area contributed by atoms with Gasteiger partial charge in [0.25, 0.3) is 5.56 Å². The first-order valence-electron chi connectivity index (χ1n) is 7.63. The van der Waals surface area contributed by atoms with Crippen LogP contribution in [0.1, 0.15) is 23.9 Å². The van der Waals surface area contributed by atoms with Crippen LogP contribution in [-0.2, 0) is 4.74 Å². The lowest BCUT2D eigenvalue weighted by molar-refractivity contribution is -0.0462. The zero-order chi connectivity index (χ0) is 17.3. The summed E-state index contributed by atoms with van der Waals surface area (Å²) < 4.78 is 6.90. The van der Waals surface area contributed by atoms with Crippen molar-refractivity contribution in [3.8, 4) is 0 Å². The molecule has 3 atom stereocenters. The van der Waals surface area contributed by atoms with Crippen LogP contribution in [0.5, 0.6) is 0 Å². The molecule has 0 amide bonds. The van der Waals surface area contributed by atoms with E-state index in [4.69, 9.17) is 4.74 Å². The predicted octanol–water partition coefficient (Wildman–Crippen LogP) is -0.500. The molecule has 24 heavy (non-hydrogen) atoms. The molecule has 8 nitrogen and oxygen atoms in total. The number of aromatic nitrogens is 2. The van der Waals surface area contributed by atoms with Crippen LogP contribution in [0.3, 0.4) is 0 Å². The first-order chi connectivity index (χ1) is 11.5. The minimum atomic E-state index is -0.886. The number of allylic oxidation sites excluding steroid dienone is 4. The maximum Gasteiger partial charge on any atom is 0.331 e. The molecule has 3 heterocycles. The first kappa shape index (κ1) is 16.4. The Bertz CT molecular complexity index is 833. The average molecular weight is 333 g/mol. The molecule has 0 spiro atoms. The molecule has 0 bridgehead atoms. The smallest absolute Gasteiger partial charge is 0.331 e. The van der Waals surface area contributed by atoms with Gasteiger partial charge < -0.3 is 20.3 Å². The summed E-state index contributed by atoms with van der Waals surface area (Å²) in [5, 5.41) is 22.2. The quantitative estimate of drug-likeness (QED) is 0.592. The van der Waals surface area contributed by atoms with Gasteiger partial charge in [0.15, 0.2) is 0 Å². The van der Waals surface area contributed by atoms with Crippen molar-refractivity contribution in [1.82, 2.24) is 14.9 Å². The lowest BCUT2D eigenvalue weighted by Crippen LogP contribution is -2.37. The van der Waals surface area contributed by atoms with Gasteiger partial charge in [-0.1, -0.05) is 12.2 Å². The second-order valence-corrected chi connectivity index (χ2v) is 5.69. The molecule has 1 saturated heterocycles. The van der Waals surface area contributed by atoms with E-state index in [9.17, 15) is 19.8 Å². The van der Waals surface area contributed by atoms with Gasteiger partial charge in [-0.2, -0.15) is 0 Å². The molecule has 1 fully saturated rings. The van der Waals surface area contributed by atoms with E-state index in [1.165, 1.54) is 4.57 Å². The van der Waals surface area contributed by atoms with Crippen molar-refractivity contribution in [3.05, 3.63) is 62.6 Å². The molecule has 1 aromatic heterocycles. The number of H-pyrrole nitrogens is 1. The van der Waals surface area contributed by atoms with Gasteiger partial charge >= 0.3 is 5.69 Å². The van der Waals surface area contributed by atoms with E-state index in [-0.39, 0.29) is 13.0 Å². The Kier molecular flexibility index (Phi) is 4.52. The van der Waals surface area contributed by atoms with Gasteiger partial charge in [0.05, 0.1) is 24.1 Å². The Morgan fingerprint density at radius 2 is 2.12 bits per heavy atom. The summed E-state index contributed by atoms with van der Waals surface area (Å²) in [6.07, 6.45) is 6.51. The van der Waals surface area contributed by atoms with Crippen molar-refractivity contribution in [3.63, 3.8) is 0 Å².